The number of nitriles is 1. The third-order valence-electron chi connectivity index (χ3n) is 6.75. The predicted octanol–water partition coefficient (Wildman–Crippen LogP) is 0.576. The Morgan fingerprint density at radius 2 is 2.13 bits per heavy atom. The summed E-state index contributed by atoms with van der Waals surface area (Å²) in [5.74, 6) is 0.231. The van der Waals surface area contributed by atoms with Crippen molar-refractivity contribution in [3.8, 4) is 6.07 Å². The number of benzene rings is 1. The number of hydrogen-bond donors (Lipinski definition) is 3. The van der Waals surface area contributed by atoms with Crippen LogP contribution < -0.4 is 16.1 Å². The monoisotopic (exact) mass is 430 g/mol. The quantitative estimate of drug-likeness (QED) is 0.625. The lowest BCUT2D eigenvalue weighted by molar-refractivity contribution is -0.128. The van der Waals surface area contributed by atoms with Crippen molar-refractivity contribution in [3.63, 3.8) is 0 Å². The van der Waals surface area contributed by atoms with Crippen LogP contribution in [0.2, 0.25) is 0 Å². The number of fused-ring (bicyclic) bond motifs is 2. The van der Waals surface area contributed by atoms with Crippen LogP contribution in [0, 0.1) is 23.2 Å². The number of nitrogens with zero attached hydrogens (tertiary/aromatic N) is 3. The molecule has 3 unspecified atom stereocenters. The first-order valence-corrected chi connectivity index (χ1v) is 11.9. The average Bonchev–Trinajstić information content (AvgIpc) is 3.44. The van der Waals surface area contributed by atoms with E-state index in [-0.39, 0.29) is 30.1 Å². The Kier molecular flexibility index (Phi) is 4.74. The Bertz CT molecular complexity index is 1020. The second-order valence-electron chi connectivity index (χ2n) is 8.68. The van der Waals surface area contributed by atoms with E-state index in [1.54, 1.807) is 19.2 Å². The Hall–Kier alpha value is -2.19. The maximum Gasteiger partial charge on any atom is 0.243 e. The van der Waals surface area contributed by atoms with Crippen molar-refractivity contribution >= 4 is 21.6 Å². The molecule has 1 aromatic carbocycles. The first-order chi connectivity index (χ1) is 14.4. The van der Waals surface area contributed by atoms with Gasteiger partial charge in [-0.1, -0.05) is 0 Å². The fourth-order valence-electron chi connectivity index (χ4n) is 5.08. The van der Waals surface area contributed by atoms with Gasteiger partial charge in [0.1, 0.15) is 6.17 Å². The molecule has 2 saturated heterocycles. The first-order valence-electron chi connectivity index (χ1n) is 10.4. The van der Waals surface area contributed by atoms with E-state index in [2.05, 4.69) is 27.1 Å². The van der Waals surface area contributed by atoms with Gasteiger partial charge in [0.05, 0.1) is 23.3 Å². The number of carbonyl (C=O) groups is 1. The Morgan fingerprint density at radius 3 is 2.87 bits per heavy atom. The number of anilines is 1. The van der Waals surface area contributed by atoms with Crippen LogP contribution in [-0.4, -0.2) is 55.5 Å². The van der Waals surface area contributed by atoms with Crippen molar-refractivity contribution in [1.29, 1.82) is 5.26 Å². The summed E-state index contributed by atoms with van der Waals surface area (Å²) in [5, 5.41) is 17.9. The van der Waals surface area contributed by atoms with Gasteiger partial charge in [-0.15, -0.1) is 0 Å². The van der Waals surface area contributed by atoms with Crippen molar-refractivity contribution in [3.05, 3.63) is 23.8 Å². The lowest BCUT2D eigenvalue weighted by Crippen LogP contribution is -2.52. The van der Waals surface area contributed by atoms with Gasteiger partial charge in [0.25, 0.3) is 0 Å². The number of sulfonamides is 1. The smallest absolute Gasteiger partial charge is 0.243 e. The molecule has 1 aromatic rings. The first kappa shape index (κ1) is 19.8. The molecular weight excluding hydrogens is 404 g/mol. The fourth-order valence-corrected chi connectivity index (χ4v) is 6.42. The number of rotatable bonds is 5. The molecule has 1 amide bonds. The van der Waals surface area contributed by atoms with Crippen LogP contribution in [0.1, 0.15) is 31.2 Å². The molecule has 160 valence electrons. The van der Waals surface area contributed by atoms with E-state index >= 15 is 0 Å². The zero-order valence-electron chi connectivity index (χ0n) is 16.8. The molecule has 30 heavy (non-hydrogen) atoms. The molecule has 10 heteroatoms. The standard InChI is InChI=1S/C20H26N6O3S/c1-25-11-13-10-14(4-5-17(13)30(25,28)29)23-19-18-16(7-9-22-20(18)27)26(24-19)15(6-8-21)12-2-3-12/h4-5,10,12,15-16,18-19,23-24H,2-3,6-7,9,11H2,1H3,(H,22,27)/t15-,16?,18?,19?/m0/s1. The number of carbonyl (C=O) groups excluding carboxylic acids is 1. The van der Waals surface area contributed by atoms with Gasteiger partial charge in [-0.05, 0) is 48.9 Å². The topological polar surface area (TPSA) is 118 Å². The molecule has 1 aliphatic carbocycles. The number of piperidine rings is 1. The van der Waals surface area contributed by atoms with E-state index in [4.69, 9.17) is 0 Å². The van der Waals surface area contributed by atoms with Gasteiger partial charge >= 0.3 is 0 Å². The van der Waals surface area contributed by atoms with Gasteiger partial charge in [0.15, 0.2) is 0 Å². The highest BCUT2D eigenvalue weighted by Gasteiger charge is 2.52. The van der Waals surface area contributed by atoms with Gasteiger partial charge < -0.3 is 10.6 Å². The van der Waals surface area contributed by atoms with E-state index in [1.165, 1.54) is 4.31 Å². The second kappa shape index (κ2) is 7.20. The highest BCUT2D eigenvalue weighted by Crippen LogP contribution is 2.41. The van der Waals surface area contributed by atoms with Crippen molar-refractivity contribution in [2.24, 2.45) is 11.8 Å². The molecule has 3 N–H and O–H groups in total. The van der Waals surface area contributed by atoms with Crippen LogP contribution in [0.4, 0.5) is 5.69 Å². The Labute approximate surface area is 176 Å². The fraction of sp³-hybridized carbons (Fsp3) is 0.600. The van der Waals surface area contributed by atoms with Gasteiger partial charge in [0, 0.05) is 37.9 Å². The normalized spacial score (nSPS) is 31.5. The summed E-state index contributed by atoms with van der Waals surface area (Å²) in [6, 6.07) is 7.70. The molecule has 0 radical (unpaired) electrons. The molecule has 3 heterocycles. The maximum atomic E-state index is 12.7. The zero-order chi connectivity index (χ0) is 21.0. The zero-order valence-corrected chi connectivity index (χ0v) is 17.7. The van der Waals surface area contributed by atoms with Crippen molar-refractivity contribution in [1.82, 2.24) is 20.1 Å². The van der Waals surface area contributed by atoms with Gasteiger partial charge in [-0.2, -0.15) is 9.57 Å². The third-order valence-corrected chi connectivity index (χ3v) is 8.65. The average molecular weight is 431 g/mol. The van der Waals surface area contributed by atoms with Gasteiger partial charge in [-0.3, -0.25) is 4.79 Å². The lowest BCUT2D eigenvalue weighted by atomic mass is 9.90. The van der Waals surface area contributed by atoms with Crippen LogP contribution in [0.5, 0.6) is 0 Å². The van der Waals surface area contributed by atoms with E-state index in [0.717, 1.165) is 30.5 Å². The number of amides is 1. The van der Waals surface area contributed by atoms with E-state index in [0.29, 0.717) is 30.3 Å². The van der Waals surface area contributed by atoms with Crippen molar-refractivity contribution in [2.75, 3.05) is 18.9 Å². The summed E-state index contributed by atoms with van der Waals surface area (Å²) in [4.78, 5) is 13.1. The molecule has 0 spiro atoms. The van der Waals surface area contributed by atoms with E-state index < -0.39 is 10.0 Å². The summed E-state index contributed by atoms with van der Waals surface area (Å²) in [7, 11) is -1.83. The molecule has 5 rings (SSSR count). The molecule has 4 atom stereocenters. The number of nitrogens with one attached hydrogen (secondary N) is 3. The van der Waals surface area contributed by atoms with Crippen molar-refractivity contribution in [2.45, 2.75) is 55.4 Å². The number of hydrazine groups is 1. The number of hydrogen-bond acceptors (Lipinski definition) is 7. The lowest BCUT2D eigenvalue weighted by Gasteiger charge is -2.34. The van der Waals surface area contributed by atoms with Crippen LogP contribution >= 0.6 is 0 Å². The van der Waals surface area contributed by atoms with E-state index in [9.17, 15) is 18.5 Å². The van der Waals surface area contributed by atoms with Crippen LogP contribution in [-0.2, 0) is 21.4 Å². The SMILES string of the molecule is CN1Cc2cc(NC3NN([C@@H](CC#N)C4CC4)C4CCNC(=O)C34)ccc2S1(=O)=O. The molecule has 0 bridgehead atoms. The van der Waals surface area contributed by atoms with Gasteiger partial charge in [-0.25, -0.2) is 18.9 Å². The minimum Gasteiger partial charge on any atom is -0.368 e. The van der Waals surface area contributed by atoms with Crippen LogP contribution in [0.3, 0.4) is 0 Å². The molecule has 3 aliphatic heterocycles. The predicted molar refractivity (Wildman–Crippen MR) is 109 cm³/mol. The highest BCUT2D eigenvalue weighted by atomic mass is 32.2. The maximum absolute atomic E-state index is 12.7. The minimum atomic E-state index is -3.40. The van der Waals surface area contributed by atoms with Gasteiger partial charge in [0.2, 0.25) is 15.9 Å². The third kappa shape index (κ3) is 3.17. The summed E-state index contributed by atoms with van der Waals surface area (Å²) >= 11 is 0. The summed E-state index contributed by atoms with van der Waals surface area (Å²) in [5.41, 5.74) is 5.02. The molecule has 0 aromatic heterocycles. The summed E-state index contributed by atoms with van der Waals surface area (Å²) in [6.45, 7) is 0.980. The molecular formula is C20H26N6O3S. The molecule has 3 fully saturated rings. The Morgan fingerprint density at radius 1 is 1.33 bits per heavy atom. The van der Waals surface area contributed by atoms with Crippen LogP contribution in [0.15, 0.2) is 23.1 Å². The molecule has 9 nitrogen and oxygen atoms in total. The van der Waals surface area contributed by atoms with Crippen molar-refractivity contribution < 1.29 is 13.2 Å². The second-order valence-corrected chi connectivity index (χ2v) is 10.7. The summed E-state index contributed by atoms with van der Waals surface area (Å²) in [6.07, 6.45) is 3.21. The summed E-state index contributed by atoms with van der Waals surface area (Å²) < 4.78 is 26.0. The Balaban J connectivity index is 1.41. The van der Waals surface area contributed by atoms with E-state index in [1.807, 2.05) is 6.07 Å². The minimum absolute atomic E-state index is 0.00808. The molecule has 4 aliphatic rings. The molecule has 1 saturated carbocycles. The largest absolute Gasteiger partial charge is 0.368 e. The highest BCUT2D eigenvalue weighted by molar-refractivity contribution is 7.89. The van der Waals surface area contributed by atoms with Crippen LogP contribution in [0.25, 0.3) is 0 Å².